The molecule has 1 saturated heterocycles. The first-order chi connectivity index (χ1) is 10.8. The molecular weight excluding hydrogens is 334 g/mol. The molecule has 22 heavy (non-hydrogen) atoms. The summed E-state index contributed by atoms with van der Waals surface area (Å²) < 4.78 is 1.98. The Morgan fingerprint density at radius 2 is 1.86 bits per heavy atom. The van der Waals surface area contributed by atoms with Gasteiger partial charge in [-0.2, -0.15) is 0 Å². The molecule has 0 unspecified atom stereocenters. The van der Waals surface area contributed by atoms with Crippen molar-refractivity contribution in [3.63, 3.8) is 0 Å². The van der Waals surface area contributed by atoms with Gasteiger partial charge in [-0.05, 0) is 36.8 Å². The van der Waals surface area contributed by atoms with Gasteiger partial charge in [-0.15, -0.1) is 10.2 Å². The summed E-state index contributed by atoms with van der Waals surface area (Å²) in [6, 6.07) is 7.94. The molecule has 2 aromatic rings. The van der Waals surface area contributed by atoms with Crippen LogP contribution in [-0.4, -0.2) is 40.3 Å². The van der Waals surface area contributed by atoms with Crippen LogP contribution in [0.3, 0.4) is 0 Å². The monoisotopic (exact) mass is 351 g/mol. The molecule has 1 aliphatic heterocycles. The van der Waals surface area contributed by atoms with Crippen LogP contribution in [0.2, 0.25) is 0 Å². The molecule has 3 rings (SSSR count). The zero-order valence-corrected chi connectivity index (χ0v) is 14.8. The van der Waals surface area contributed by atoms with Gasteiger partial charge < -0.3 is 4.90 Å². The zero-order valence-electron chi connectivity index (χ0n) is 12.3. The van der Waals surface area contributed by atoms with Crippen LogP contribution in [-0.2, 0) is 5.75 Å². The zero-order chi connectivity index (χ0) is 15.4. The molecule has 1 aromatic heterocycles. The maximum absolute atomic E-state index is 12.3. The van der Waals surface area contributed by atoms with E-state index >= 15 is 0 Å². The summed E-state index contributed by atoms with van der Waals surface area (Å²) in [5, 5.41) is 8.24. The van der Waals surface area contributed by atoms with Crippen LogP contribution in [0.4, 0.5) is 0 Å². The van der Waals surface area contributed by atoms with E-state index in [0.29, 0.717) is 0 Å². The van der Waals surface area contributed by atoms with Crippen LogP contribution in [0, 0.1) is 0 Å². The average Bonchev–Trinajstić information content (AvgIpc) is 3.24. The number of hydrogen-bond donors (Lipinski definition) is 0. The van der Waals surface area contributed by atoms with Gasteiger partial charge in [0.05, 0.1) is 0 Å². The molecule has 0 atom stereocenters. The van der Waals surface area contributed by atoms with Gasteiger partial charge in [0.15, 0.2) is 8.68 Å². The molecule has 0 bridgehead atoms. The fourth-order valence-corrected chi connectivity index (χ4v) is 4.72. The van der Waals surface area contributed by atoms with Gasteiger partial charge in [0.25, 0.3) is 5.91 Å². The van der Waals surface area contributed by atoms with Crippen molar-refractivity contribution in [3.05, 3.63) is 35.4 Å². The lowest BCUT2D eigenvalue weighted by molar-refractivity contribution is 0.0793. The molecule has 1 fully saturated rings. The van der Waals surface area contributed by atoms with E-state index in [1.54, 1.807) is 34.9 Å². The molecule has 1 aromatic carbocycles. The highest BCUT2D eigenvalue weighted by Gasteiger charge is 2.19. The van der Waals surface area contributed by atoms with Crippen molar-refractivity contribution in [2.75, 3.05) is 19.3 Å². The minimum atomic E-state index is 0.158. The topological polar surface area (TPSA) is 46.1 Å². The Labute approximate surface area is 142 Å². The molecule has 1 amide bonds. The normalized spacial score (nSPS) is 14.5. The number of carbonyl (C=O) groups is 1. The molecule has 0 aliphatic carbocycles. The van der Waals surface area contributed by atoms with E-state index in [0.717, 1.165) is 45.9 Å². The molecule has 0 saturated carbocycles. The second kappa shape index (κ2) is 7.48. The number of nitrogens with zero attached hydrogens (tertiary/aromatic N) is 3. The van der Waals surface area contributed by atoms with Gasteiger partial charge in [0, 0.05) is 24.4 Å². The number of likely N-dealkylation sites (tertiary alicyclic amines) is 1. The molecule has 1 aliphatic rings. The molecule has 7 heteroatoms. The van der Waals surface area contributed by atoms with Crippen molar-refractivity contribution in [1.29, 1.82) is 0 Å². The summed E-state index contributed by atoms with van der Waals surface area (Å²) in [4.78, 5) is 14.2. The molecule has 4 nitrogen and oxygen atoms in total. The van der Waals surface area contributed by atoms with Crippen LogP contribution in [0.1, 0.15) is 28.8 Å². The number of benzene rings is 1. The van der Waals surface area contributed by atoms with E-state index in [-0.39, 0.29) is 5.91 Å². The molecule has 0 spiro atoms. The van der Waals surface area contributed by atoms with Crippen molar-refractivity contribution >= 4 is 40.8 Å². The number of carbonyl (C=O) groups excluding carboxylic acids is 1. The minimum absolute atomic E-state index is 0.158. The van der Waals surface area contributed by atoms with E-state index in [9.17, 15) is 4.79 Å². The van der Waals surface area contributed by atoms with Gasteiger partial charge in [0.2, 0.25) is 0 Å². The molecule has 0 radical (unpaired) electrons. The summed E-state index contributed by atoms with van der Waals surface area (Å²) in [7, 11) is 0. The third-order valence-electron chi connectivity index (χ3n) is 3.52. The van der Waals surface area contributed by atoms with Gasteiger partial charge in [-0.3, -0.25) is 4.79 Å². The van der Waals surface area contributed by atoms with E-state index < -0.39 is 0 Å². The Kier molecular flexibility index (Phi) is 5.38. The maximum Gasteiger partial charge on any atom is 0.253 e. The van der Waals surface area contributed by atoms with Crippen LogP contribution in [0.15, 0.2) is 32.9 Å². The predicted octanol–water partition coefficient (Wildman–Crippen LogP) is 3.79. The molecular formula is C15H17N3OS3. The lowest BCUT2D eigenvalue weighted by Crippen LogP contribution is -2.27. The number of aromatic nitrogens is 2. The van der Waals surface area contributed by atoms with Crippen LogP contribution in [0.25, 0.3) is 0 Å². The van der Waals surface area contributed by atoms with E-state index in [1.807, 2.05) is 35.4 Å². The number of rotatable bonds is 5. The van der Waals surface area contributed by atoms with Crippen LogP contribution < -0.4 is 0 Å². The predicted molar refractivity (Wildman–Crippen MR) is 92.8 cm³/mol. The molecule has 2 heterocycles. The van der Waals surface area contributed by atoms with Crippen molar-refractivity contribution in [2.24, 2.45) is 0 Å². The van der Waals surface area contributed by atoms with Crippen molar-refractivity contribution in [1.82, 2.24) is 15.1 Å². The Morgan fingerprint density at radius 3 is 2.50 bits per heavy atom. The fraction of sp³-hybridized carbons (Fsp3) is 0.400. The second-order valence-electron chi connectivity index (χ2n) is 5.02. The second-order valence-corrected chi connectivity index (χ2v) is 8.28. The van der Waals surface area contributed by atoms with E-state index in [4.69, 9.17) is 0 Å². The first-order valence-corrected chi connectivity index (χ1v) is 10.2. The lowest BCUT2D eigenvalue weighted by atomic mass is 10.1. The first kappa shape index (κ1) is 15.8. The van der Waals surface area contributed by atoms with Gasteiger partial charge in [-0.1, -0.05) is 47.0 Å². The summed E-state index contributed by atoms with van der Waals surface area (Å²) >= 11 is 4.92. The van der Waals surface area contributed by atoms with Gasteiger partial charge >= 0.3 is 0 Å². The van der Waals surface area contributed by atoms with E-state index in [1.165, 1.54) is 5.56 Å². The standard InChI is InChI=1S/C15H17N3OS3/c1-20-14-16-17-15(22-14)21-10-11-4-6-12(7-5-11)13(19)18-8-2-3-9-18/h4-7H,2-3,8-10H2,1H3. The Bertz CT molecular complexity index is 636. The SMILES string of the molecule is CSc1nnc(SCc2ccc(C(=O)N3CCCC3)cc2)s1. The minimum Gasteiger partial charge on any atom is -0.339 e. The third-order valence-corrected chi connectivity index (χ3v) is 6.62. The van der Waals surface area contributed by atoms with Crippen molar-refractivity contribution < 1.29 is 4.79 Å². The first-order valence-electron chi connectivity index (χ1n) is 7.15. The Balaban J connectivity index is 1.57. The molecule has 0 N–H and O–H groups in total. The van der Waals surface area contributed by atoms with Crippen molar-refractivity contribution in [2.45, 2.75) is 27.3 Å². The highest BCUT2D eigenvalue weighted by Crippen LogP contribution is 2.29. The smallest absolute Gasteiger partial charge is 0.253 e. The number of amides is 1. The van der Waals surface area contributed by atoms with Crippen LogP contribution >= 0.6 is 34.9 Å². The Morgan fingerprint density at radius 1 is 1.18 bits per heavy atom. The maximum atomic E-state index is 12.3. The Hall–Kier alpha value is -1.05. The fourth-order valence-electron chi connectivity index (χ4n) is 2.33. The number of hydrogen-bond acceptors (Lipinski definition) is 6. The van der Waals surface area contributed by atoms with E-state index in [2.05, 4.69) is 10.2 Å². The average molecular weight is 352 g/mol. The lowest BCUT2D eigenvalue weighted by Gasteiger charge is -2.15. The van der Waals surface area contributed by atoms with Crippen LogP contribution in [0.5, 0.6) is 0 Å². The highest BCUT2D eigenvalue weighted by atomic mass is 32.2. The summed E-state index contributed by atoms with van der Waals surface area (Å²) in [5.41, 5.74) is 1.99. The quantitative estimate of drug-likeness (QED) is 0.767. The van der Waals surface area contributed by atoms with Gasteiger partial charge in [0.1, 0.15) is 0 Å². The van der Waals surface area contributed by atoms with Crippen molar-refractivity contribution in [3.8, 4) is 0 Å². The highest BCUT2D eigenvalue weighted by molar-refractivity contribution is 8.02. The molecule has 116 valence electrons. The number of thioether (sulfide) groups is 2. The largest absolute Gasteiger partial charge is 0.339 e. The van der Waals surface area contributed by atoms with Gasteiger partial charge in [-0.25, -0.2) is 0 Å². The summed E-state index contributed by atoms with van der Waals surface area (Å²) in [6.07, 6.45) is 4.26. The summed E-state index contributed by atoms with van der Waals surface area (Å²) in [5.74, 6) is 1.01. The third kappa shape index (κ3) is 3.83. The summed E-state index contributed by atoms with van der Waals surface area (Å²) in [6.45, 7) is 1.79.